The zero-order valence-electron chi connectivity index (χ0n) is 12.8. The van der Waals surface area contributed by atoms with Crippen LogP contribution in [-0.2, 0) is 0 Å². The number of nitrogens with one attached hydrogen (secondary N) is 2. The maximum atomic E-state index is 13.3. The summed E-state index contributed by atoms with van der Waals surface area (Å²) in [6.07, 6.45) is 2.19. The van der Waals surface area contributed by atoms with E-state index in [4.69, 9.17) is 9.84 Å². The van der Waals surface area contributed by atoms with Gasteiger partial charge in [0.15, 0.2) is 0 Å². The van der Waals surface area contributed by atoms with E-state index in [1.807, 2.05) is 6.92 Å². The Morgan fingerprint density at radius 1 is 1.55 bits per heavy atom. The van der Waals surface area contributed by atoms with E-state index in [9.17, 15) is 9.18 Å². The third-order valence-electron chi connectivity index (χ3n) is 3.78. The quantitative estimate of drug-likeness (QED) is 0.782. The fourth-order valence-corrected chi connectivity index (χ4v) is 2.49. The second-order valence-electron chi connectivity index (χ2n) is 5.70. The summed E-state index contributed by atoms with van der Waals surface area (Å²) in [5, 5.41) is 14.6. The summed E-state index contributed by atoms with van der Waals surface area (Å²) in [5.41, 5.74) is 0.803. The highest BCUT2D eigenvalue weighted by molar-refractivity contribution is 5.74. The van der Waals surface area contributed by atoms with Gasteiger partial charge in [0.2, 0.25) is 0 Å². The third kappa shape index (κ3) is 4.59. The van der Waals surface area contributed by atoms with Gasteiger partial charge in [0.25, 0.3) is 0 Å². The Labute approximate surface area is 129 Å². The lowest BCUT2D eigenvalue weighted by Gasteiger charge is -2.19. The summed E-state index contributed by atoms with van der Waals surface area (Å²) in [6.45, 7) is 3.10. The molecule has 2 rings (SSSR count). The standard InChI is InChI=1S/C16H23FN2O3/c1-11(6-7-20)10-18-16(21)19-14-3-2-8-22-15-9-12(17)4-5-13(14)15/h4-5,9,11,14,20H,2-3,6-8,10H2,1H3,(H2,18,19,21). The minimum atomic E-state index is -0.346. The molecule has 2 unspecified atom stereocenters. The van der Waals surface area contributed by atoms with Crippen molar-refractivity contribution in [1.82, 2.24) is 10.6 Å². The second kappa shape index (κ2) is 7.98. The first-order chi connectivity index (χ1) is 10.6. The molecule has 2 atom stereocenters. The molecule has 0 bridgehead atoms. The van der Waals surface area contributed by atoms with Crippen LogP contribution in [0.15, 0.2) is 18.2 Å². The predicted octanol–water partition coefficient (Wildman–Crippen LogP) is 2.36. The molecule has 1 aromatic carbocycles. The average molecular weight is 310 g/mol. The largest absolute Gasteiger partial charge is 0.493 e. The number of fused-ring (bicyclic) bond motifs is 1. The Kier molecular flexibility index (Phi) is 6.00. The smallest absolute Gasteiger partial charge is 0.315 e. The van der Waals surface area contributed by atoms with Crippen molar-refractivity contribution in [2.24, 2.45) is 5.92 Å². The van der Waals surface area contributed by atoms with Gasteiger partial charge in [-0.1, -0.05) is 13.0 Å². The number of halogens is 1. The Bertz CT molecular complexity index is 510. The fourth-order valence-electron chi connectivity index (χ4n) is 2.49. The number of aliphatic hydroxyl groups is 1. The van der Waals surface area contributed by atoms with Crippen molar-refractivity contribution in [3.63, 3.8) is 0 Å². The number of ether oxygens (including phenoxy) is 1. The molecule has 1 aromatic rings. The van der Waals surface area contributed by atoms with E-state index >= 15 is 0 Å². The van der Waals surface area contributed by atoms with Crippen LogP contribution in [0.3, 0.4) is 0 Å². The summed E-state index contributed by atoms with van der Waals surface area (Å²) in [5.74, 6) is 0.368. The van der Waals surface area contributed by atoms with Crippen LogP contribution >= 0.6 is 0 Å². The van der Waals surface area contributed by atoms with Crippen LogP contribution in [0.5, 0.6) is 5.75 Å². The Balaban J connectivity index is 1.96. The summed E-state index contributed by atoms with van der Waals surface area (Å²) < 4.78 is 18.8. The highest BCUT2D eigenvalue weighted by atomic mass is 19.1. The van der Waals surface area contributed by atoms with Crippen LogP contribution < -0.4 is 15.4 Å². The van der Waals surface area contributed by atoms with Crippen LogP contribution in [0.1, 0.15) is 37.8 Å². The molecular weight excluding hydrogens is 287 g/mol. The topological polar surface area (TPSA) is 70.6 Å². The van der Waals surface area contributed by atoms with Gasteiger partial charge in [0.1, 0.15) is 11.6 Å². The third-order valence-corrected chi connectivity index (χ3v) is 3.78. The average Bonchev–Trinajstić information content (AvgIpc) is 2.67. The Morgan fingerprint density at radius 2 is 2.36 bits per heavy atom. The minimum absolute atomic E-state index is 0.114. The van der Waals surface area contributed by atoms with Gasteiger partial charge in [-0.05, 0) is 31.2 Å². The number of benzene rings is 1. The Hall–Kier alpha value is -1.82. The van der Waals surface area contributed by atoms with Gasteiger partial charge in [0, 0.05) is 24.8 Å². The second-order valence-corrected chi connectivity index (χ2v) is 5.70. The number of urea groups is 1. The molecule has 122 valence electrons. The fraction of sp³-hybridized carbons (Fsp3) is 0.562. The molecule has 0 radical (unpaired) electrons. The van der Waals surface area contributed by atoms with Crippen molar-refractivity contribution in [3.8, 4) is 5.75 Å². The van der Waals surface area contributed by atoms with Gasteiger partial charge in [-0.15, -0.1) is 0 Å². The molecule has 5 nitrogen and oxygen atoms in total. The van der Waals surface area contributed by atoms with E-state index in [1.54, 1.807) is 6.07 Å². The van der Waals surface area contributed by atoms with Gasteiger partial charge in [-0.3, -0.25) is 0 Å². The lowest BCUT2D eigenvalue weighted by molar-refractivity contribution is 0.230. The highest BCUT2D eigenvalue weighted by Gasteiger charge is 2.22. The number of carbonyl (C=O) groups excluding carboxylic acids is 1. The molecule has 0 spiro atoms. The monoisotopic (exact) mass is 310 g/mol. The minimum Gasteiger partial charge on any atom is -0.493 e. The molecule has 0 aromatic heterocycles. The van der Waals surface area contributed by atoms with E-state index in [0.29, 0.717) is 25.3 Å². The Morgan fingerprint density at radius 3 is 3.14 bits per heavy atom. The molecular formula is C16H23FN2O3. The first-order valence-corrected chi connectivity index (χ1v) is 7.67. The van der Waals surface area contributed by atoms with E-state index in [-0.39, 0.29) is 30.4 Å². The zero-order chi connectivity index (χ0) is 15.9. The number of hydrogen-bond donors (Lipinski definition) is 3. The van der Waals surface area contributed by atoms with Crippen molar-refractivity contribution in [1.29, 1.82) is 0 Å². The van der Waals surface area contributed by atoms with Crippen LogP contribution in [0.2, 0.25) is 0 Å². The number of aliphatic hydroxyl groups excluding tert-OH is 1. The number of hydrogen-bond acceptors (Lipinski definition) is 3. The highest BCUT2D eigenvalue weighted by Crippen LogP contribution is 2.31. The van der Waals surface area contributed by atoms with Gasteiger partial charge in [-0.2, -0.15) is 0 Å². The number of rotatable bonds is 5. The van der Waals surface area contributed by atoms with Crippen LogP contribution in [0, 0.1) is 11.7 Å². The van der Waals surface area contributed by atoms with Crippen molar-refractivity contribution >= 4 is 6.03 Å². The molecule has 0 fully saturated rings. The summed E-state index contributed by atoms with van der Waals surface area (Å²) in [4.78, 5) is 12.0. The SMILES string of the molecule is CC(CCO)CNC(=O)NC1CCCOc2cc(F)ccc21. The molecule has 1 heterocycles. The molecule has 1 aliphatic rings. The van der Waals surface area contributed by atoms with Gasteiger partial charge >= 0.3 is 6.03 Å². The van der Waals surface area contributed by atoms with Crippen molar-refractivity contribution in [2.45, 2.75) is 32.2 Å². The molecule has 0 saturated heterocycles. The lowest BCUT2D eigenvalue weighted by atomic mass is 10.0. The maximum absolute atomic E-state index is 13.3. The molecule has 6 heteroatoms. The molecule has 22 heavy (non-hydrogen) atoms. The number of amides is 2. The van der Waals surface area contributed by atoms with Crippen LogP contribution in [0.4, 0.5) is 9.18 Å². The summed E-state index contributed by atoms with van der Waals surface area (Å²) in [7, 11) is 0. The molecule has 0 aliphatic carbocycles. The van der Waals surface area contributed by atoms with Crippen molar-refractivity contribution < 1.29 is 19.0 Å². The van der Waals surface area contributed by atoms with E-state index in [2.05, 4.69) is 10.6 Å². The lowest BCUT2D eigenvalue weighted by Crippen LogP contribution is -2.39. The van der Waals surface area contributed by atoms with Crippen LogP contribution in [0.25, 0.3) is 0 Å². The molecule has 3 N–H and O–H groups in total. The van der Waals surface area contributed by atoms with E-state index < -0.39 is 0 Å². The van der Waals surface area contributed by atoms with Crippen molar-refractivity contribution in [2.75, 3.05) is 19.8 Å². The predicted molar refractivity (Wildman–Crippen MR) is 81.3 cm³/mol. The van der Waals surface area contributed by atoms with E-state index in [1.165, 1.54) is 12.1 Å². The van der Waals surface area contributed by atoms with Gasteiger partial charge < -0.3 is 20.5 Å². The van der Waals surface area contributed by atoms with Crippen LogP contribution in [-0.4, -0.2) is 30.9 Å². The van der Waals surface area contributed by atoms with Gasteiger partial charge in [0.05, 0.1) is 12.6 Å². The molecule has 2 amide bonds. The zero-order valence-corrected chi connectivity index (χ0v) is 12.8. The maximum Gasteiger partial charge on any atom is 0.315 e. The van der Waals surface area contributed by atoms with Gasteiger partial charge in [-0.25, -0.2) is 9.18 Å². The molecule has 1 aliphatic heterocycles. The normalized spacial score (nSPS) is 18.6. The van der Waals surface area contributed by atoms with E-state index in [0.717, 1.165) is 18.4 Å². The molecule has 0 saturated carbocycles. The first kappa shape index (κ1) is 16.5. The summed E-state index contributed by atoms with van der Waals surface area (Å²) in [6, 6.07) is 3.95. The summed E-state index contributed by atoms with van der Waals surface area (Å²) >= 11 is 0. The van der Waals surface area contributed by atoms with Crippen molar-refractivity contribution in [3.05, 3.63) is 29.6 Å². The number of carbonyl (C=O) groups is 1. The first-order valence-electron chi connectivity index (χ1n) is 7.67.